The Kier molecular flexibility index (Phi) is 6.22. The van der Waals surface area contributed by atoms with Gasteiger partial charge in [-0.3, -0.25) is 14.9 Å². The molecule has 35 heavy (non-hydrogen) atoms. The molecule has 0 fully saturated rings. The van der Waals surface area contributed by atoms with Gasteiger partial charge < -0.3 is 4.57 Å². The number of benzene rings is 2. The Morgan fingerprint density at radius 2 is 1.71 bits per heavy atom. The van der Waals surface area contributed by atoms with Gasteiger partial charge in [0.2, 0.25) is 17.7 Å². The van der Waals surface area contributed by atoms with E-state index in [2.05, 4.69) is 37.8 Å². The monoisotopic (exact) mass is 469 g/mol. The van der Waals surface area contributed by atoms with Crippen LogP contribution in [0, 0.1) is 0 Å². The number of tetrazole rings is 1. The second-order valence-electron chi connectivity index (χ2n) is 8.67. The summed E-state index contributed by atoms with van der Waals surface area (Å²) in [4.78, 5) is 30.1. The molecular weight excluding hydrogens is 442 g/mol. The van der Waals surface area contributed by atoms with Gasteiger partial charge in [-0.2, -0.15) is 10.2 Å². The minimum atomic E-state index is -0.349. The third-order valence-corrected chi connectivity index (χ3v) is 6.52. The molecule has 0 radical (unpaired) electrons. The van der Waals surface area contributed by atoms with E-state index in [9.17, 15) is 9.59 Å². The molecule has 0 saturated carbocycles. The molecular formula is C26H27N7O2. The van der Waals surface area contributed by atoms with Crippen LogP contribution < -0.4 is 10.9 Å². The van der Waals surface area contributed by atoms with E-state index in [1.54, 1.807) is 0 Å². The van der Waals surface area contributed by atoms with Crippen LogP contribution in [-0.4, -0.2) is 36.1 Å². The lowest BCUT2D eigenvalue weighted by Crippen LogP contribution is -2.24. The average molecular weight is 470 g/mol. The number of carbonyl (C=O) groups excluding carboxylic acids is 1. The van der Waals surface area contributed by atoms with Crippen LogP contribution in [0.5, 0.6) is 0 Å². The fraction of sp³-hybridized carbons (Fsp3) is 0.308. The number of anilines is 1. The van der Waals surface area contributed by atoms with Crippen LogP contribution in [0.25, 0.3) is 22.5 Å². The van der Waals surface area contributed by atoms with E-state index in [0.717, 1.165) is 40.8 Å². The van der Waals surface area contributed by atoms with E-state index in [1.807, 2.05) is 60.0 Å². The molecule has 2 aromatic carbocycles. The van der Waals surface area contributed by atoms with E-state index in [-0.39, 0.29) is 17.5 Å². The quantitative estimate of drug-likeness (QED) is 0.404. The number of amides is 1. The van der Waals surface area contributed by atoms with Gasteiger partial charge in [0.1, 0.15) is 6.04 Å². The number of fused-ring (bicyclic) bond motifs is 1. The van der Waals surface area contributed by atoms with Crippen LogP contribution in [0.2, 0.25) is 0 Å². The summed E-state index contributed by atoms with van der Waals surface area (Å²) in [5, 5.41) is 17.3. The predicted octanol–water partition coefficient (Wildman–Crippen LogP) is 3.93. The van der Waals surface area contributed by atoms with Crippen molar-refractivity contribution in [2.24, 2.45) is 0 Å². The lowest BCUT2D eigenvalue weighted by atomic mass is 9.91. The van der Waals surface area contributed by atoms with Gasteiger partial charge in [0.15, 0.2) is 0 Å². The van der Waals surface area contributed by atoms with Crippen LogP contribution in [0.4, 0.5) is 5.95 Å². The lowest BCUT2D eigenvalue weighted by Gasteiger charge is -2.20. The summed E-state index contributed by atoms with van der Waals surface area (Å²) in [5.74, 6) is 0.759. The van der Waals surface area contributed by atoms with Crippen LogP contribution in [0.15, 0.2) is 53.3 Å². The number of aromatic nitrogens is 6. The van der Waals surface area contributed by atoms with Crippen molar-refractivity contribution in [1.29, 1.82) is 0 Å². The molecule has 0 bridgehead atoms. The Labute approximate surface area is 202 Å². The third kappa shape index (κ3) is 4.14. The van der Waals surface area contributed by atoms with Crippen LogP contribution >= 0.6 is 0 Å². The number of hydrogen-bond donors (Lipinski definition) is 2. The maximum Gasteiger partial charge on any atom is 0.278 e. The summed E-state index contributed by atoms with van der Waals surface area (Å²) < 4.78 is 1.95. The Morgan fingerprint density at radius 3 is 2.43 bits per heavy atom. The maximum atomic E-state index is 13.3. The number of rotatable bonds is 8. The molecule has 178 valence electrons. The minimum absolute atomic E-state index is 0.108. The van der Waals surface area contributed by atoms with E-state index < -0.39 is 0 Å². The Balaban J connectivity index is 1.64. The molecule has 5 rings (SSSR count). The summed E-state index contributed by atoms with van der Waals surface area (Å²) in [6.07, 6.45) is 3.66. The first kappa shape index (κ1) is 22.6. The van der Waals surface area contributed by atoms with E-state index in [4.69, 9.17) is 0 Å². The van der Waals surface area contributed by atoms with Crippen molar-refractivity contribution < 1.29 is 4.79 Å². The molecule has 0 spiro atoms. The van der Waals surface area contributed by atoms with Crippen LogP contribution in [0.3, 0.4) is 0 Å². The largest absolute Gasteiger partial charge is 0.303 e. The summed E-state index contributed by atoms with van der Waals surface area (Å²) in [6, 6.07) is 15.6. The van der Waals surface area contributed by atoms with Crippen molar-refractivity contribution in [1.82, 2.24) is 30.2 Å². The topological polar surface area (TPSA) is 118 Å². The predicted molar refractivity (Wildman–Crippen MR) is 133 cm³/mol. The van der Waals surface area contributed by atoms with Gasteiger partial charge in [0.25, 0.3) is 5.56 Å². The minimum Gasteiger partial charge on any atom is -0.303 e. The smallest absolute Gasteiger partial charge is 0.278 e. The molecule has 1 atom stereocenters. The molecule has 1 aliphatic heterocycles. The SMILES string of the molecule is CCCCc1c(Cc2ccccc2-c2ccccc2-c2nn[nH]n2)c(=O)nc2n1C(CC)C(=O)N2. The number of unbranched alkanes of at least 4 members (excludes halogenated alkanes) is 1. The van der Waals surface area contributed by atoms with Crippen molar-refractivity contribution in [3.05, 3.63) is 75.7 Å². The zero-order valence-corrected chi connectivity index (χ0v) is 19.8. The Morgan fingerprint density at radius 1 is 0.971 bits per heavy atom. The van der Waals surface area contributed by atoms with E-state index in [0.29, 0.717) is 36.6 Å². The fourth-order valence-corrected chi connectivity index (χ4v) is 4.83. The van der Waals surface area contributed by atoms with Crippen molar-refractivity contribution >= 4 is 11.9 Å². The molecule has 0 saturated heterocycles. The highest BCUT2D eigenvalue weighted by Crippen LogP contribution is 2.34. The number of nitrogens with one attached hydrogen (secondary N) is 2. The van der Waals surface area contributed by atoms with E-state index >= 15 is 0 Å². The molecule has 2 N–H and O–H groups in total. The molecule has 9 heteroatoms. The summed E-state index contributed by atoms with van der Waals surface area (Å²) in [6.45, 7) is 4.10. The van der Waals surface area contributed by atoms with Gasteiger partial charge in [-0.05, 0) is 41.2 Å². The van der Waals surface area contributed by atoms with Gasteiger partial charge in [0, 0.05) is 23.2 Å². The standard InChI is InChI=1S/C26H27N7O2/c1-3-5-14-22-20(24(34)27-26-28-25(35)21(4-2)33(22)26)15-16-10-6-7-11-17(16)18-12-8-9-13-19(18)23-29-31-32-30-23/h6-13,21H,3-5,14-15H2,1-2H3,(H,27,28,34,35)(H,29,30,31,32). The molecule has 1 amide bonds. The zero-order valence-electron chi connectivity index (χ0n) is 19.8. The highest BCUT2D eigenvalue weighted by molar-refractivity contribution is 5.96. The number of nitrogens with zero attached hydrogens (tertiary/aromatic N) is 5. The van der Waals surface area contributed by atoms with Crippen molar-refractivity contribution in [3.63, 3.8) is 0 Å². The first-order valence-electron chi connectivity index (χ1n) is 12.0. The van der Waals surface area contributed by atoms with Gasteiger partial charge >= 0.3 is 0 Å². The second-order valence-corrected chi connectivity index (χ2v) is 8.67. The number of aromatic amines is 1. The number of hydrogen-bond acceptors (Lipinski definition) is 6. The zero-order chi connectivity index (χ0) is 24.4. The molecule has 3 heterocycles. The summed E-state index contributed by atoms with van der Waals surface area (Å²) in [5.41, 5.74) is 5.03. The van der Waals surface area contributed by atoms with Gasteiger partial charge in [0.05, 0.1) is 0 Å². The number of H-pyrrole nitrogens is 1. The number of carbonyl (C=O) groups is 1. The van der Waals surface area contributed by atoms with Crippen LogP contribution in [0.1, 0.15) is 56.0 Å². The highest BCUT2D eigenvalue weighted by Gasteiger charge is 2.33. The lowest BCUT2D eigenvalue weighted by molar-refractivity contribution is -0.118. The summed E-state index contributed by atoms with van der Waals surface area (Å²) in [7, 11) is 0. The molecule has 2 aromatic heterocycles. The Hall–Kier alpha value is -4.14. The normalized spacial score (nSPS) is 14.7. The summed E-state index contributed by atoms with van der Waals surface area (Å²) >= 11 is 0. The first-order valence-corrected chi connectivity index (χ1v) is 12.0. The molecule has 4 aromatic rings. The first-order chi connectivity index (χ1) is 17.1. The van der Waals surface area contributed by atoms with Gasteiger partial charge in [-0.15, -0.1) is 10.2 Å². The van der Waals surface area contributed by atoms with Crippen molar-refractivity contribution in [2.75, 3.05) is 5.32 Å². The molecule has 0 aliphatic carbocycles. The molecule has 1 aliphatic rings. The second kappa shape index (κ2) is 9.61. The van der Waals surface area contributed by atoms with E-state index in [1.165, 1.54) is 0 Å². The maximum absolute atomic E-state index is 13.3. The van der Waals surface area contributed by atoms with Gasteiger partial charge in [-0.25, -0.2) is 0 Å². The van der Waals surface area contributed by atoms with Crippen molar-refractivity contribution in [2.45, 2.75) is 52.0 Å². The third-order valence-electron chi connectivity index (χ3n) is 6.52. The highest BCUT2D eigenvalue weighted by atomic mass is 16.2. The van der Waals surface area contributed by atoms with Crippen molar-refractivity contribution in [3.8, 4) is 22.5 Å². The molecule has 1 unspecified atom stereocenters. The van der Waals surface area contributed by atoms with Crippen LogP contribution in [-0.2, 0) is 17.6 Å². The molecule has 9 nitrogen and oxygen atoms in total. The average Bonchev–Trinajstić information content (AvgIpc) is 3.51. The fourth-order valence-electron chi connectivity index (χ4n) is 4.83. The Bertz CT molecular complexity index is 1430. The van der Waals surface area contributed by atoms with Gasteiger partial charge in [-0.1, -0.05) is 68.8 Å².